The molecule has 1 aromatic heterocycles. The van der Waals surface area contributed by atoms with Crippen LogP contribution < -0.4 is 15.5 Å². The molecule has 2 aromatic rings. The Kier molecular flexibility index (Phi) is 4.33. The third kappa shape index (κ3) is 3.15. The van der Waals surface area contributed by atoms with E-state index in [-0.39, 0.29) is 30.8 Å². The summed E-state index contributed by atoms with van der Waals surface area (Å²) in [5.41, 5.74) is 0.798. The molecule has 1 atom stereocenters. The molecule has 2 heterocycles. The molecule has 1 aliphatic heterocycles. The molecule has 3 rings (SSSR count). The number of furan rings is 1. The number of benzene rings is 1. The van der Waals surface area contributed by atoms with E-state index in [9.17, 15) is 14.4 Å². The van der Waals surface area contributed by atoms with Gasteiger partial charge in [0.2, 0.25) is 11.8 Å². The number of anilines is 1. The highest BCUT2D eigenvalue weighted by molar-refractivity contribution is 6.12. The summed E-state index contributed by atoms with van der Waals surface area (Å²) in [7, 11) is 0. The van der Waals surface area contributed by atoms with Crippen LogP contribution in [-0.2, 0) is 16.1 Å². The molecule has 7 nitrogen and oxygen atoms in total. The van der Waals surface area contributed by atoms with Gasteiger partial charge >= 0.3 is 0 Å². The first kappa shape index (κ1) is 15.8. The van der Waals surface area contributed by atoms with Crippen LogP contribution in [0.2, 0.25) is 0 Å². The molecule has 1 aromatic carbocycles. The van der Waals surface area contributed by atoms with Gasteiger partial charge in [-0.1, -0.05) is 12.1 Å². The van der Waals surface area contributed by atoms with Gasteiger partial charge in [0, 0.05) is 0 Å². The van der Waals surface area contributed by atoms with Gasteiger partial charge in [-0.2, -0.15) is 0 Å². The third-order valence-electron chi connectivity index (χ3n) is 3.77. The number of rotatable bonds is 4. The minimum absolute atomic E-state index is 0.171. The first-order valence-corrected chi connectivity index (χ1v) is 7.56. The Labute approximate surface area is 138 Å². The number of nitrogens with zero attached hydrogens (tertiary/aromatic N) is 1. The lowest BCUT2D eigenvalue weighted by Gasteiger charge is -2.23. The zero-order chi connectivity index (χ0) is 17.1. The minimum Gasteiger partial charge on any atom is -0.467 e. The normalized spacial score (nSPS) is 17.0. The van der Waals surface area contributed by atoms with Crippen LogP contribution in [0, 0.1) is 0 Å². The quantitative estimate of drug-likeness (QED) is 0.878. The first-order chi connectivity index (χ1) is 11.6. The summed E-state index contributed by atoms with van der Waals surface area (Å²) in [4.78, 5) is 38.2. The van der Waals surface area contributed by atoms with Crippen LogP contribution in [0.4, 0.5) is 5.69 Å². The number of hydrogen-bond acceptors (Lipinski definition) is 4. The average molecular weight is 327 g/mol. The lowest BCUT2D eigenvalue weighted by atomic mass is 10.1. The van der Waals surface area contributed by atoms with Crippen molar-refractivity contribution in [2.24, 2.45) is 0 Å². The number of nitrogens with one attached hydrogen (secondary N) is 2. The maximum absolute atomic E-state index is 12.5. The van der Waals surface area contributed by atoms with Crippen molar-refractivity contribution in [3.8, 4) is 0 Å². The van der Waals surface area contributed by atoms with Gasteiger partial charge in [0.25, 0.3) is 5.91 Å². The summed E-state index contributed by atoms with van der Waals surface area (Å²) in [5, 5.41) is 5.33. The highest BCUT2D eigenvalue weighted by atomic mass is 16.3. The highest BCUT2D eigenvalue weighted by Gasteiger charge is 2.32. The first-order valence-electron chi connectivity index (χ1n) is 7.56. The van der Waals surface area contributed by atoms with Gasteiger partial charge in [-0.25, -0.2) is 0 Å². The smallest absolute Gasteiger partial charge is 0.254 e. The molecular formula is C17H17N3O4. The maximum Gasteiger partial charge on any atom is 0.254 e. The fourth-order valence-corrected chi connectivity index (χ4v) is 2.55. The molecule has 24 heavy (non-hydrogen) atoms. The van der Waals surface area contributed by atoms with E-state index < -0.39 is 6.04 Å². The number of amides is 3. The number of carbonyl (C=O) groups excluding carboxylic acids is 3. The molecule has 124 valence electrons. The van der Waals surface area contributed by atoms with E-state index in [1.165, 1.54) is 11.2 Å². The summed E-state index contributed by atoms with van der Waals surface area (Å²) in [6.45, 7) is 1.66. The van der Waals surface area contributed by atoms with Crippen molar-refractivity contribution < 1.29 is 18.8 Å². The van der Waals surface area contributed by atoms with E-state index >= 15 is 0 Å². The van der Waals surface area contributed by atoms with Crippen LogP contribution in [-0.4, -0.2) is 30.3 Å². The summed E-state index contributed by atoms with van der Waals surface area (Å²) in [5.74, 6) is -0.376. The van der Waals surface area contributed by atoms with E-state index in [0.29, 0.717) is 17.0 Å². The Morgan fingerprint density at radius 1 is 1.25 bits per heavy atom. The average Bonchev–Trinajstić information content (AvgIpc) is 3.08. The van der Waals surface area contributed by atoms with E-state index in [4.69, 9.17) is 4.42 Å². The molecule has 0 aliphatic carbocycles. The Balaban J connectivity index is 1.79. The van der Waals surface area contributed by atoms with Crippen molar-refractivity contribution >= 4 is 23.4 Å². The minimum atomic E-state index is -0.706. The molecule has 0 radical (unpaired) electrons. The Hall–Kier alpha value is -3.09. The van der Waals surface area contributed by atoms with Crippen molar-refractivity contribution in [2.45, 2.75) is 19.5 Å². The van der Waals surface area contributed by atoms with Gasteiger partial charge in [-0.05, 0) is 31.2 Å². The monoisotopic (exact) mass is 327 g/mol. The molecule has 0 unspecified atom stereocenters. The van der Waals surface area contributed by atoms with Crippen LogP contribution in [0.15, 0.2) is 47.1 Å². The van der Waals surface area contributed by atoms with Gasteiger partial charge < -0.3 is 20.0 Å². The molecule has 1 aliphatic rings. The summed E-state index contributed by atoms with van der Waals surface area (Å²) in [6.07, 6.45) is 1.52. The van der Waals surface area contributed by atoms with Crippen LogP contribution >= 0.6 is 0 Å². The van der Waals surface area contributed by atoms with E-state index in [0.717, 1.165) is 0 Å². The van der Waals surface area contributed by atoms with Crippen molar-refractivity contribution in [1.82, 2.24) is 10.6 Å². The van der Waals surface area contributed by atoms with E-state index in [1.807, 2.05) is 0 Å². The fourth-order valence-electron chi connectivity index (χ4n) is 2.55. The van der Waals surface area contributed by atoms with Gasteiger partial charge in [0.05, 0.1) is 24.1 Å². The van der Waals surface area contributed by atoms with Gasteiger partial charge in [-0.15, -0.1) is 0 Å². The van der Waals surface area contributed by atoms with E-state index in [1.54, 1.807) is 43.3 Å². The largest absolute Gasteiger partial charge is 0.467 e. The molecule has 7 heteroatoms. The zero-order valence-electron chi connectivity index (χ0n) is 13.1. The SMILES string of the molecule is C[C@@H]1NC(=O)c2ccccc2N(CC(=O)NCc2ccco2)C1=O. The third-order valence-corrected chi connectivity index (χ3v) is 3.77. The molecule has 3 amide bonds. The van der Waals surface area contributed by atoms with Crippen LogP contribution in [0.25, 0.3) is 0 Å². The number of hydrogen-bond donors (Lipinski definition) is 2. The Morgan fingerprint density at radius 2 is 2.04 bits per heavy atom. The predicted octanol–water partition coefficient (Wildman–Crippen LogP) is 1.06. The molecule has 0 saturated heterocycles. The molecular weight excluding hydrogens is 310 g/mol. The van der Waals surface area contributed by atoms with Gasteiger partial charge in [0.1, 0.15) is 18.3 Å². The Bertz CT molecular complexity index is 770. The van der Waals surface area contributed by atoms with Gasteiger partial charge in [0.15, 0.2) is 0 Å². The highest BCUT2D eigenvalue weighted by Crippen LogP contribution is 2.23. The van der Waals surface area contributed by atoms with Crippen LogP contribution in [0.3, 0.4) is 0 Å². The predicted molar refractivity (Wildman–Crippen MR) is 86.3 cm³/mol. The lowest BCUT2D eigenvalue weighted by molar-refractivity contribution is -0.124. The number of para-hydroxylation sites is 1. The Morgan fingerprint density at radius 3 is 2.79 bits per heavy atom. The van der Waals surface area contributed by atoms with Gasteiger partial charge in [-0.3, -0.25) is 14.4 Å². The molecule has 2 N–H and O–H groups in total. The molecule has 0 saturated carbocycles. The summed E-state index contributed by atoms with van der Waals surface area (Å²) < 4.78 is 5.15. The molecule has 0 fully saturated rings. The van der Waals surface area contributed by atoms with E-state index in [2.05, 4.69) is 10.6 Å². The molecule has 0 bridgehead atoms. The molecule has 0 spiro atoms. The topological polar surface area (TPSA) is 91.7 Å². The summed E-state index contributed by atoms with van der Waals surface area (Å²) in [6, 6.07) is 9.50. The van der Waals surface area contributed by atoms with Crippen molar-refractivity contribution in [1.29, 1.82) is 0 Å². The second-order valence-corrected chi connectivity index (χ2v) is 5.49. The van der Waals surface area contributed by atoms with Crippen molar-refractivity contribution in [3.05, 3.63) is 54.0 Å². The van der Waals surface area contributed by atoms with Crippen LogP contribution in [0.1, 0.15) is 23.0 Å². The second kappa shape index (κ2) is 6.57. The standard InChI is InChI=1S/C17H17N3O4/c1-11-17(23)20(10-15(21)18-9-12-5-4-8-24-12)14-7-3-2-6-13(14)16(22)19-11/h2-8,11H,9-10H2,1H3,(H,18,21)(H,19,22)/t11-/m0/s1. The fraction of sp³-hybridized carbons (Fsp3) is 0.235. The van der Waals surface area contributed by atoms with Crippen LogP contribution in [0.5, 0.6) is 0 Å². The summed E-state index contributed by atoms with van der Waals surface area (Å²) >= 11 is 0. The number of carbonyl (C=O) groups is 3. The van der Waals surface area contributed by atoms with Crippen molar-refractivity contribution in [2.75, 3.05) is 11.4 Å². The lowest BCUT2D eigenvalue weighted by Crippen LogP contribution is -2.47. The number of fused-ring (bicyclic) bond motifs is 1. The maximum atomic E-state index is 12.5. The second-order valence-electron chi connectivity index (χ2n) is 5.49. The zero-order valence-corrected chi connectivity index (χ0v) is 13.1. The van der Waals surface area contributed by atoms with Crippen molar-refractivity contribution in [3.63, 3.8) is 0 Å².